The molecule has 1 nitrogen and oxygen atoms in total. The summed E-state index contributed by atoms with van der Waals surface area (Å²) in [7, 11) is 0. The van der Waals surface area contributed by atoms with Crippen LogP contribution in [-0.4, -0.2) is 0 Å². The van der Waals surface area contributed by atoms with Crippen molar-refractivity contribution in [1.29, 1.82) is 5.26 Å². The average molecular weight is 225 g/mol. The molecule has 1 aromatic rings. The van der Waals surface area contributed by atoms with E-state index in [-0.39, 0.29) is 0 Å². The van der Waals surface area contributed by atoms with Crippen molar-refractivity contribution in [2.24, 2.45) is 0 Å². The molecule has 3 heteroatoms. The second kappa shape index (κ2) is 6.92. The lowest BCUT2D eigenvalue weighted by Gasteiger charge is -1.99. The van der Waals surface area contributed by atoms with E-state index in [0.29, 0.717) is 0 Å². The lowest BCUT2D eigenvalue weighted by atomic mass is 10.1. The molecule has 0 aliphatic rings. The predicted octanol–water partition coefficient (Wildman–Crippen LogP) is 4.44. The maximum absolute atomic E-state index is 8.59. The number of unbranched alkanes of at least 4 members (excludes halogenated alkanes) is 3. The van der Waals surface area contributed by atoms with Crippen molar-refractivity contribution in [3.63, 3.8) is 0 Å². The maximum atomic E-state index is 8.59. The molecule has 0 atom stereocenters. The van der Waals surface area contributed by atoms with Crippen molar-refractivity contribution in [2.45, 2.75) is 43.2 Å². The maximum Gasteiger partial charge on any atom is 0.139 e. The van der Waals surface area contributed by atoms with E-state index in [1.807, 2.05) is 0 Å². The van der Waals surface area contributed by atoms with Gasteiger partial charge >= 0.3 is 0 Å². The fourth-order valence-corrected chi connectivity index (χ4v) is 2.91. The van der Waals surface area contributed by atoms with E-state index < -0.39 is 0 Å². The topological polar surface area (TPSA) is 23.8 Å². The minimum atomic E-state index is 1.13. The smallest absolute Gasteiger partial charge is 0.139 e. The molecule has 0 aromatic carbocycles. The molecule has 0 bridgehead atoms. The zero-order valence-electron chi connectivity index (χ0n) is 8.45. The largest absolute Gasteiger partial charge is 0.185 e. The zero-order valence-corrected chi connectivity index (χ0v) is 10.1. The summed E-state index contributed by atoms with van der Waals surface area (Å²) in [5, 5.41) is 12.8. The molecule has 14 heavy (non-hydrogen) atoms. The van der Waals surface area contributed by atoms with Crippen LogP contribution in [0.15, 0.2) is 15.7 Å². The second-order valence-corrected chi connectivity index (χ2v) is 5.21. The number of nitrogens with zero attached hydrogens (tertiary/aromatic N) is 1. The van der Waals surface area contributed by atoms with Crippen LogP contribution in [0.2, 0.25) is 0 Å². The van der Waals surface area contributed by atoms with E-state index in [2.05, 4.69) is 23.8 Å². The Morgan fingerprint density at radius 3 is 3.00 bits per heavy atom. The van der Waals surface area contributed by atoms with E-state index in [4.69, 9.17) is 5.26 Å². The van der Waals surface area contributed by atoms with Crippen molar-refractivity contribution >= 4 is 23.1 Å². The van der Waals surface area contributed by atoms with Gasteiger partial charge in [-0.25, -0.2) is 0 Å². The summed E-state index contributed by atoms with van der Waals surface area (Å²) in [6.45, 7) is 2.22. The third-order valence-corrected chi connectivity index (χ3v) is 3.97. The van der Waals surface area contributed by atoms with Crippen molar-refractivity contribution in [1.82, 2.24) is 0 Å². The molecule has 1 heterocycles. The quantitative estimate of drug-likeness (QED) is 0.406. The number of rotatable bonds is 6. The van der Waals surface area contributed by atoms with Gasteiger partial charge in [0, 0.05) is 11.8 Å². The molecule has 1 aromatic heterocycles. The van der Waals surface area contributed by atoms with Crippen LogP contribution >= 0.6 is 23.1 Å². The van der Waals surface area contributed by atoms with Crippen molar-refractivity contribution < 1.29 is 0 Å². The van der Waals surface area contributed by atoms with Gasteiger partial charge in [-0.2, -0.15) is 5.26 Å². The molecule has 0 fully saturated rings. The number of thioether (sulfide) groups is 1. The standard InChI is InChI=1S/C11H15NS2/c1-2-3-4-5-6-10-7-8-13-11(10)14-9-12/h7-8H,2-6H2,1H3. The Balaban J connectivity index is 2.35. The summed E-state index contributed by atoms with van der Waals surface area (Å²) in [6, 6.07) is 2.15. The SMILES string of the molecule is CCCCCCc1ccsc1SC#N. The van der Waals surface area contributed by atoms with Gasteiger partial charge in [0.05, 0.1) is 4.21 Å². The fraction of sp³-hybridized carbons (Fsp3) is 0.545. The Kier molecular flexibility index (Phi) is 5.74. The molecule has 0 N–H and O–H groups in total. The molecule has 1 rings (SSSR count). The van der Waals surface area contributed by atoms with Gasteiger partial charge < -0.3 is 0 Å². The first-order valence-electron chi connectivity index (χ1n) is 5.00. The molecule has 0 spiro atoms. The minimum absolute atomic E-state index is 1.13. The highest BCUT2D eigenvalue weighted by atomic mass is 32.2. The van der Waals surface area contributed by atoms with Crippen LogP contribution in [-0.2, 0) is 6.42 Å². The molecule has 0 saturated heterocycles. The highest BCUT2D eigenvalue weighted by Gasteiger charge is 2.03. The first-order valence-corrected chi connectivity index (χ1v) is 6.70. The van der Waals surface area contributed by atoms with Crippen molar-refractivity contribution in [3.05, 3.63) is 17.0 Å². The highest BCUT2D eigenvalue weighted by molar-refractivity contribution is 8.05. The molecule has 0 aliphatic carbocycles. The zero-order chi connectivity index (χ0) is 10.2. The van der Waals surface area contributed by atoms with Crippen LogP contribution in [0.4, 0.5) is 0 Å². The summed E-state index contributed by atoms with van der Waals surface area (Å²) >= 11 is 2.97. The number of nitriles is 1. The van der Waals surface area contributed by atoms with Crippen molar-refractivity contribution in [3.8, 4) is 5.40 Å². The van der Waals surface area contributed by atoms with Crippen molar-refractivity contribution in [2.75, 3.05) is 0 Å². The number of aryl methyl sites for hydroxylation is 1. The number of hydrogen-bond acceptors (Lipinski definition) is 3. The van der Waals surface area contributed by atoms with Gasteiger partial charge in [0.2, 0.25) is 0 Å². The van der Waals surface area contributed by atoms with Gasteiger partial charge in [0.15, 0.2) is 0 Å². The third kappa shape index (κ3) is 3.73. The first kappa shape index (κ1) is 11.6. The monoisotopic (exact) mass is 225 g/mol. The molecular weight excluding hydrogens is 210 g/mol. The van der Waals surface area contributed by atoms with Gasteiger partial charge in [-0.05, 0) is 29.9 Å². The highest BCUT2D eigenvalue weighted by Crippen LogP contribution is 2.29. The van der Waals surface area contributed by atoms with Gasteiger partial charge in [-0.15, -0.1) is 11.3 Å². The Bertz CT molecular complexity index is 298. The van der Waals surface area contributed by atoms with Gasteiger partial charge in [0.25, 0.3) is 0 Å². The summed E-state index contributed by atoms with van der Waals surface area (Å²) in [5.74, 6) is 0. The fourth-order valence-electron chi connectivity index (χ4n) is 1.38. The summed E-state index contributed by atoms with van der Waals surface area (Å²) in [6.07, 6.45) is 6.30. The molecule has 0 unspecified atom stereocenters. The molecular formula is C11H15NS2. The minimum Gasteiger partial charge on any atom is -0.185 e. The predicted molar refractivity (Wildman–Crippen MR) is 63.6 cm³/mol. The summed E-state index contributed by atoms with van der Waals surface area (Å²) in [5.41, 5.74) is 1.36. The Morgan fingerprint density at radius 2 is 2.29 bits per heavy atom. The summed E-state index contributed by atoms with van der Waals surface area (Å²) in [4.78, 5) is 0. The number of thiophene rings is 1. The van der Waals surface area contributed by atoms with Gasteiger partial charge in [-0.3, -0.25) is 0 Å². The van der Waals surface area contributed by atoms with E-state index in [9.17, 15) is 0 Å². The van der Waals surface area contributed by atoms with Crippen LogP contribution < -0.4 is 0 Å². The Morgan fingerprint density at radius 1 is 1.43 bits per heavy atom. The number of hydrogen-bond donors (Lipinski definition) is 0. The van der Waals surface area contributed by atoms with E-state index in [0.717, 1.165) is 6.42 Å². The Labute approximate surface area is 94.1 Å². The average Bonchev–Trinajstić information content (AvgIpc) is 2.61. The second-order valence-electron chi connectivity index (χ2n) is 3.24. The van der Waals surface area contributed by atoms with Crippen LogP contribution in [0, 0.1) is 10.7 Å². The van der Waals surface area contributed by atoms with E-state index in [1.54, 1.807) is 11.3 Å². The van der Waals surface area contributed by atoms with E-state index in [1.165, 1.54) is 47.2 Å². The van der Waals surface area contributed by atoms with Gasteiger partial charge in [-0.1, -0.05) is 26.2 Å². The molecule has 0 radical (unpaired) electrons. The first-order chi connectivity index (χ1) is 6.88. The Hall–Kier alpha value is -0.460. The molecule has 0 amide bonds. The van der Waals surface area contributed by atoms with Gasteiger partial charge in [0.1, 0.15) is 5.40 Å². The van der Waals surface area contributed by atoms with Crippen LogP contribution in [0.25, 0.3) is 0 Å². The molecule has 0 saturated carbocycles. The lowest BCUT2D eigenvalue weighted by molar-refractivity contribution is 0.665. The normalized spacial score (nSPS) is 10.0. The number of thiocyanates is 1. The third-order valence-electron chi connectivity index (χ3n) is 2.14. The summed E-state index contributed by atoms with van der Waals surface area (Å²) < 4.78 is 1.18. The van der Waals surface area contributed by atoms with E-state index >= 15 is 0 Å². The van der Waals surface area contributed by atoms with Crippen LogP contribution in [0.5, 0.6) is 0 Å². The molecule has 76 valence electrons. The molecule has 0 aliphatic heterocycles. The lowest BCUT2D eigenvalue weighted by Crippen LogP contribution is -1.84. The van der Waals surface area contributed by atoms with Crippen LogP contribution in [0.1, 0.15) is 38.2 Å². The van der Waals surface area contributed by atoms with Crippen LogP contribution in [0.3, 0.4) is 0 Å².